The van der Waals surface area contributed by atoms with Crippen molar-refractivity contribution < 1.29 is 14.8 Å². The van der Waals surface area contributed by atoms with Crippen LogP contribution in [0.2, 0.25) is 0 Å². The summed E-state index contributed by atoms with van der Waals surface area (Å²) >= 11 is 0. The molecule has 0 spiro atoms. The maximum absolute atomic E-state index is 12.1. The van der Waals surface area contributed by atoms with Crippen LogP contribution in [0.4, 0.5) is 5.69 Å². The molecule has 0 aliphatic rings. The van der Waals surface area contributed by atoms with Crippen molar-refractivity contribution in [2.45, 2.75) is 19.9 Å². The van der Waals surface area contributed by atoms with Gasteiger partial charge in [0.2, 0.25) is 0 Å². The van der Waals surface area contributed by atoms with E-state index in [1.54, 1.807) is 18.2 Å². The lowest BCUT2D eigenvalue weighted by atomic mass is 10.0. The van der Waals surface area contributed by atoms with E-state index in [0.717, 1.165) is 6.07 Å². The smallest absolute Gasteiger partial charge is 0.273 e. The zero-order valence-corrected chi connectivity index (χ0v) is 11.1. The van der Waals surface area contributed by atoms with Gasteiger partial charge in [0, 0.05) is 17.5 Å². The summed E-state index contributed by atoms with van der Waals surface area (Å²) in [5, 5.41) is 24.3. The van der Waals surface area contributed by atoms with Crippen LogP contribution in [0, 0.1) is 10.1 Å². The van der Waals surface area contributed by atoms with E-state index in [4.69, 9.17) is 0 Å². The first-order valence-electron chi connectivity index (χ1n) is 6.11. The van der Waals surface area contributed by atoms with Gasteiger partial charge in [-0.1, -0.05) is 12.1 Å². The molecule has 0 atom stereocenters. The van der Waals surface area contributed by atoms with Gasteiger partial charge in [0.25, 0.3) is 11.6 Å². The van der Waals surface area contributed by atoms with Gasteiger partial charge in [0.1, 0.15) is 5.75 Å². The number of fused-ring (bicyclic) bond motifs is 1. The minimum absolute atomic E-state index is 0.0436. The average molecular weight is 274 g/mol. The first-order chi connectivity index (χ1) is 9.40. The molecule has 0 unspecified atom stereocenters. The lowest BCUT2D eigenvalue weighted by molar-refractivity contribution is -0.384. The second-order valence-corrected chi connectivity index (χ2v) is 4.75. The van der Waals surface area contributed by atoms with Gasteiger partial charge in [-0.2, -0.15) is 0 Å². The molecule has 1 amide bonds. The van der Waals surface area contributed by atoms with Crippen LogP contribution in [0.1, 0.15) is 24.2 Å². The largest absolute Gasteiger partial charge is 0.507 e. The minimum atomic E-state index is -0.583. The zero-order valence-electron chi connectivity index (χ0n) is 11.1. The van der Waals surface area contributed by atoms with Crippen LogP contribution in [0.5, 0.6) is 5.75 Å². The molecule has 0 aromatic heterocycles. The zero-order chi connectivity index (χ0) is 14.9. The molecule has 2 rings (SSSR count). The molecule has 0 radical (unpaired) electrons. The number of carbonyl (C=O) groups is 1. The summed E-state index contributed by atoms with van der Waals surface area (Å²) in [4.78, 5) is 22.3. The van der Waals surface area contributed by atoms with Gasteiger partial charge < -0.3 is 10.4 Å². The number of nitrogens with one attached hydrogen (secondary N) is 1. The highest BCUT2D eigenvalue weighted by Crippen LogP contribution is 2.32. The molecule has 0 aliphatic heterocycles. The van der Waals surface area contributed by atoms with Crippen molar-refractivity contribution in [2.75, 3.05) is 0 Å². The van der Waals surface area contributed by atoms with E-state index in [-0.39, 0.29) is 23.4 Å². The fourth-order valence-corrected chi connectivity index (χ4v) is 2.02. The molecule has 0 heterocycles. The number of nitrogens with zero attached hydrogens (tertiary/aromatic N) is 1. The number of non-ortho nitro benzene ring substituents is 1. The summed E-state index contributed by atoms with van der Waals surface area (Å²) in [6.07, 6.45) is 0. The number of nitro groups is 1. The molecule has 104 valence electrons. The second-order valence-electron chi connectivity index (χ2n) is 4.75. The van der Waals surface area contributed by atoms with Crippen molar-refractivity contribution in [3.63, 3.8) is 0 Å². The van der Waals surface area contributed by atoms with Gasteiger partial charge in [-0.15, -0.1) is 0 Å². The van der Waals surface area contributed by atoms with Gasteiger partial charge in [-0.3, -0.25) is 14.9 Å². The van der Waals surface area contributed by atoms with E-state index in [1.165, 1.54) is 6.07 Å². The molecule has 0 saturated heterocycles. The topological polar surface area (TPSA) is 92.5 Å². The van der Waals surface area contributed by atoms with Crippen molar-refractivity contribution in [3.05, 3.63) is 46.0 Å². The predicted octanol–water partition coefficient (Wildman–Crippen LogP) is 2.59. The molecule has 20 heavy (non-hydrogen) atoms. The Hall–Kier alpha value is -2.63. The predicted molar refractivity (Wildman–Crippen MR) is 74.9 cm³/mol. The Morgan fingerprint density at radius 1 is 1.35 bits per heavy atom. The maximum atomic E-state index is 12.1. The number of amides is 1. The lowest BCUT2D eigenvalue weighted by Gasteiger charge is -2.11. The number of carbonyl (C=O) groups excluding carboxylic acids is 1. The Kier molecular flexibility index (Phi) is 3.56. The number of hydrogen-bond donors (Lipinski definition) is 2. The summed E-state index contributed by atoms with van der Waals surface area (Å²) in [6.45, 7) is 3.65. The number of rotatable bonds is 3. The molecule has 2 N–H and O–H groups in total. The van der Waals surface area contributed by atoms with E-state index >= 15 is 0 Å². The van der Waals surface area contributed by atoms with Crippen LogP contribution in [0.25, 0.3) is 10.8 Å². The van der Waals surface area contributed by atoms with Gasteiger partial charge >= 0.3 is 0 Å². The van der Waals surface area contributed by atoms with E-state index in [0.29, 0.717) is 16.3 Å². The third kappa shape index (κ3) is 2.54. The average Bonchev–Trinajstić information content (AvgIpc) is 2.36. The van der Waals surface area contributed by atoms with Gasteiger partial charge in [0.05, 0.1) is 16.6 Å². The highest BCUT2D eigenvalue weighted by atomic mass is 16.6. The first kappa shape index (κ1) is 13.8. The van der Waals surface area contributed by atoms with E-state index in [2.05, 4.69) is 5.32 Å². The summed E-state index contributed by atoms with van der Waals surface area (Å²) < 4.78 is 0. The summed E-state index contributed by atoms with van der Waals surface area (Å²) in [5.41, 5.74) is 0.0833. The van der Waals surface area contributed by atoms with E-state index in [9.17, 15) is 20.0 Å². The minimum Gasteiger partial charge on any atom is -0.507 e. The summed E-state index contributed by atoms with van der Waals surface area (Å²) in [6, 6.07) is 7.16. The van der Waals surface area contributed by atoms with Crippen LogP contribution in [0.15, 0.2) is 30.3 Å². The number of hydrogen-bond acceptors (Lipinski definition) is 4. The molecule has 0 fully saturated rings. The van der Waals surface area contributed by atoms with Gasteiger partial charge in [-0.05, 0) is 25.3 Å². The molecule has 2 aromatic carbocycles. The Bertz CT molecular complexity index is 695. The Labute approximate surface area is 115 Å². The monoisotopic (exact) mass is 274 g/mol. The van der Waals surface area contributed by atoms with Crippen molar-refractivity contribution >= 4 is 22.4 Å². The van der Waals surface area contributed by atoms with Crippen LogP contribution >= 0.6 is 0 Å². The molecule has 2 aromatic rings. The van der Waals surface area contributed by atoms with Crippen molar-refractivity contribution in [1.82, 2.24) is 5.32 Å². The number of phenolic OH excluding ortho intramolecular Hbond substituents is 1. The highest BCUT2D eigenvalue weighted by Gasteiger charge is 2.17. The number of nitro benzene ring substituents is 1. The van der Waals surface area contributed by atoms with Gasteiger partial charge in [0.15, 0.2) is 0 Å². The molecular formula is C14H14N2O4. The second kappa shape index (κ2) is 5.16. The standard InChI is InChI=1S/C14H14N2O4/c1-8(2)15-14(18)11-5-3-4-9-6-10(16(19)20)7-12(17)13(9)11/h3-8,17H,1-2H3,(H,15,18). The number of phenols is 1. The number of aromatic hydroxyl groups is 1. The van der Waals surface area contributed by atoms with Gasteiger partial charge in [-0.25, -0.2) is 0 Å². The summed E-state index contributed by atoms with van der Waals surface area (Å²) in [7, 11) is 0. The van der Waals surface area contributed by atoms with Crippen molar-refractivity contribution in [1.29, 1.82) is 0 Å². The third-order valence-electron chi connectivity index (χ3n) is 2.82. The van der Waals surface area contributed by atoms with Crippen LogP contribution in [-0.2, 0) is 0 Å². The van der Waals surface area contributed by atoms with Crippen molar-refractivity contribution in [2.24, 2.45) is 0 Å². The molecule has 6 heteroatoms. The van der Waals surface area contributed by atoms with Crippen LogP contribution in [0.3, 0.4) is 0 Å². The fraction of sp³-hybridized carbons (Fsp3) is 0.214. The van der Waals surface area contributed by atoms with Crippen LogP contribution < -0.4 is 5.32 Å². The van der Waals surface area contributed by atoms with E-state index < -0.39 is 4.92 Å². The molecular weight excluding hydrogens is 260 g/mol. The molecule has 0 saturated carbocycles. The normalized spacial score (nSPS) is 10.8. The van der Waals surface area contributed by atoms with E-state index in [1.807, 2.05) is 13.8 Å². The molecule has 0 bridgehead atoms. The van der Waals surface area contributed by atoms with Crippen LogP contribution in [-0.4, -0.2) is 22.0 Å². The maximum Gasteiger partial charge on any atom is 0.273 e. The fourth-order valence-electron chi connectivity index (χ4n) is 2.02. The number of benzene rings is 2. The SMILES string of the molecule is CC(C)NC(=O)c1cccc2cc([N+](=O)[O-])cc(O)c12. The molecule has 6 nitrogen and oxygen atoms in total. The first-order valence-corrected chi connectivity index (χ1v) is 6.11. The molecule has 0 aliphatic carbocycles. The highest BCUT2D eigenvalue weighted by molar-refractivity contribution is 6.09. The Balaban J connectivity index is 2.63. The Morgan fingerprint density at radius 2 is 2.05 bits per heavy atom. The lowest BCUT2D eigenvalue weighted by Crippen LogP contribution is -2.30. The quantitative estimate of drug-likeness (QED) is 0.664. The third-order valence-corrected chi connectivity index (χ3v) is 2.82. The Morgan fingerprint density at radius 3 is 2.65 bits per heavy atom. The van der Waals surface area contributed by atoms with Crippen molar-refractivity contribution in [3.8, 4) is 5.75 Å². The summed E-state index contributed by atoms with van der Waals surface area (Å²) in [5.74, 6) is -0.599.